The maximum atomic E-state index is 6.19. The van der Waals surface area contributed by atoms with Crippen LogP contribution in [0.25, 0.3) is 0 Å². The number of rotatable bonds is 8. The molecule has 0 atom stereocenters. The quantitative estimate of drug-likeness (QED) is 0.291. The third-order valence-corrected chi connectivity index (χ3v) is 5.30. The number of nitrogen functional groups attached to an aromatic ring is 1. The van der Waals surface area contributed by atoms with E-state index < -0.39 is 0 Å². The number of nitrogens with one attached hydrogen (secondary N) is 1. The summed E-state index contributed by atoms with van der Waals surface area (Å²) in [5, 5.41) is 3.32. The van der Waals surface area contributed by atoms with Crippen molar-refractivity contribution in [3.8, 4) is 11.8 Å². The number of benzene rings is 3. The molecule has 0 spiro atoms. The summed E-state index contributed by atoms with van der Waals surface area (Å²) in [4.78, 5) is 4.59. The second-order valence-electron chi connectivity index (χ2n) is 6.88. The van der Waals surface area contributed by atoms with Gasteiger partial charge in [0.2, 0.25) is 11.8 Å². The molecule has 5 nitrogen and oxygen atoms in total. The van der Waals surface area contributed by atoms with Gasteiger partial charge in [0.25, 0.3) is 0 Å². The van der Waals surface area contributed by atoms with Crippen LogP contribution in [0.1, 0.15) is 11.1 Å². The van der Waals surface area contributed by atoms with Crippen LogP contribution in [0.3, 0.4) is 0 Å². The molecule has 6 heteroatoms. The molecule has 0 aliphatic heterocycles. The highest BCUT2D eigenvalue weighted by atomic mass is 79.9. The van der Waals surface area contributed by atoms with Crippen LogP contribution in [-0.2, 0) is 13.2 Å². The largest absolute Gasteiger partial charge is 0.473 e. The molecule has 0 saturated carbocycles. The number of pyridine rings is 1. The van der Waals surface area contributed by atoms with Crippen LogP contribution in [-0.4, -0.2) is 4.98 Å². The van der Waals surface area contributed by atoms with Gasteiger partial charge in [0, 0.05) is 10.5 Å². The fourth-order valence-electron chi connectivity index (χ4n) is 2.96. The molecule has 0 radical (unpaired) electrons. The topological polar surface area (TPSA) is 69.4 Å². The fraction of sp³-hybridized carbons (Fsp3) is 0.0800. The van der Waals surface area contributed by atoms with Gasteiger partial charge < -0.3 is 20.5 Å². The van der Waals surface area contributed by atoms with Crippen molar-refractivity contribution in [1.29, 1.82) is 0 Å². The number of nitrogens with two attached hydrogens (primary N) is 1. The minimum Gasteiger partial charge on any atom is -0.473 e. The number of halogens is 1. The zero-order valence-corrected chi connectivity index (χ0v) is 18.4. The zero-order chi connectivity index (χ0) is 21.5. The first-order valence-electron chi connectivity index (χ1n) is 9.84. The van der Waals surface area contributed by atoms with E-state index in [-0.39, 0.29) is 0 Å². The van der Waals surface area contributed by atoms with Crippen LogP contribution in [0.2, 0.25) is 0 Å². The summed E-state index contributed by atoms with van der Waals surface area (Å²) >= 11 is 3.46. The SMILES string of the molecule is Nc1c(Br)cccc1Nc1ccc(OCc2ccccc2)nc1OCc1ccccc1. The van der Waals surface area contributed by atoms with Gasteiger partial charge in [-0.1, -0.05) is 66.7 Å². The van der Waals surface area contributed by atoms with Crippen molar-refractivity contribution in [1.82, 2.24) is 4.98 Å². The molecule has 4 rings (SSSR count). The average molecular weight is 476 g/mol. The van der Waals surface area contributed by atoms with Gasteiger partial charge in [0.05, 0.1) is 11.4 Å². The Morgan fingerprint density at radius 1 is 0.710 bits per heavy atom. The lowest BCUT2D eigenvalue weighted by atomic mass is 10.2. The molecular weight excluding hydrogens is 454 g/mol. The lowest BCUT2D eigenvalue weighted by molar-refractivity contribution is 0.269. The van der Waals surface area contributed by atoms with Crippen LogP contribution in [0.15, 0.2) is 95.5 Å². The first-order valence-corrected chi connectivity index (χ1v) is 10.6. The minimum atomic E-state index is 0.388. The summed E-state index contributed by atoms with van der Waals surface area (Å²) in [6.07, 6.45) is 0. The number of hydrogen-bond donors (Lipinski definition) is 2. The van der Waals surface area contributed by atoms with Crippen molar-refractivity contribution in [2.75, 3.05) is 11.1 Å². The zero-order valence-electron chi connectivity index (χ0n) is 16.8. The second-order valence-corrected chi connectivity index (χ2v) is 7.73. The van der Waals surface area contributed by atoms with Crippen LogP contribution < -0.4 is 20.5 Å². The highest BCUT2D eigenvalue weighted by molar-refractivity contribution is 9.10. The molecule has 3 N–H and O–H groups in total. The number of para-hydroxylation sites is 1. The van der Waals surface area contributed by atoms with Crippen molar-refractivity contribution in [2.24, 2.45) is 0 Å². The smallest absolute Gasteiger partial charge is 0.241 e. The van der Waals surface area contributed by atoms with Crippen molar-refractivity contribution < 1.29 is 9.47 Å². The van der Waals surface area contributed by atoms with E-state index in [2.05, 4.69) is 26.2 Å². The van der Waals surface area contributed by atoms with E-state index in [1.165, 1.54) is 0 Å². The molecule has 0 aliphatic carbocycles. The molecule has 156 valence electrons. The van der Waals surface area contributed by atoms with Gasteiger partial charge in [-0.3, -0.25) is 0 Å². The number of hydrogen-bond acceptors (Lipinski definition) is 5. The third kappa shape index (κ3) is 5.55. The van der Waals surface area contributed by atoms with Gasteiger partial charge in [-0.05, 0) is 45.3 Å². The highest BCUT2D eigenvalue weighted by Crippen LogP contribution is 2.34. The molecule has 0 amide bonds. The molecule has 0 unspecified atom stereocenters. The summed E-state index contributed by atoms with van der Waals surface area (Å²) in [6, 6.07) is 29.3. The van der Waals surface area contributed by atoms with Crippen molar-refractivity contribution in [2.45, 2.75) is 13.2 Å². The molecule has 3 aromatic carbocycles. The molecule has 1 heterocycles. The van der Waals surface area contributed by atoms with Crippen molar-refractivity contribution in [3.63, 3.8) is 0 Å². The van der Waals surface area contributed by atoms with E-state index in [0.717, 1.165) is 21.3 Å². The highest BCUT2D eigenvalue weighted by Gasteiger charge is 2.12. The maximum absolute atomic E-state index is 6.19. The summed E-state index contributed by atoms with van der Waals surface area (Å²) in [7, 11) is 0. The summed E-state index contributed by atoms with van der Waals surface area (Å²) < 4.78 is 12.8. The molecule has 0 aliphatic rings. The molecule has 0 fully saturated rings. The van der Waals surface area contributed by atoms with Crippen LogP contribution >= 0.6 is 15.9 Å². The Hall–Kier alpha value is -3.51. The first-order chi connectivity index (χ1) is 15.2. The van der Waals surface area contributed by atoms with E-state index in [9.17, 15) is 0 Å². The van der Waals surface area contributed by atoms with Gasteiger partial charge in [0.1, 0.15) is 18.9 Å². The standard InChI is InChI=1S/C25H22BrN3O2/c26-20-12-7-13-21(24(20)27)28-22-14-15-23(30-16-18-8-3-1-4-9-18)29-25(22)31-17-19-10-5-2-6-11-19/h1-15,28H,16-17,27H2. The lowest BCUT2D eigenvalue weighted by Gasteiger charge is -2.16. The fourth-order valence-corrected chi connectivity index (χ4v) is 3.32. The first kappa shape index (κ1) is 20.8. The van der Waals surface area contributed by atoms with Crippen molar-refractivity contribution >= 4 is 33.0 Å². The number of nitrogens with zero attached hydrogens (tertiary/aromatic N) is 1. The molecular formula is C25H22BrN3O2. The maximum Gasteiger partial charge on any atom is 0.241 e. The van der Waals surface area contributed by atoms with Gasteiger partial charge >= 0.3 is 0 Å². The lowest BCUT2D eigenvalue weighted by Crippen LogP contribution is -2.05. The van der Waals surface area contributed by atoms with Gasteiger partial charge in [0.15, 0.2) is 0 Å². The second kappa shape index (κ2) is 10.00. The Morgan fingerprint density at radius 3 is 2.03 bits per heavy atom. The van der Waals surface area contributed by atoms with E-state index in [4.69, 9.17) is 15.2 Å². The van der Waals surface area contributed by atoms with E-state index in [1.807, 2.05) is 91.0 Å². The molecule has 4 aromatic rings. The summed E-state index contributed by atoms with van der Waals surface area (Å²) in [6.45, 7) is 0.815. The van der Waals surface area contributed by atoms with Gasteiger partial charge in [-0.25, -0.2) is 0 Å². The molecule has 0 saturated heterocycles. The number of ether oxygens (including phenoxy) is 2. The Kier molecular flexibility index (Phi) is 6.69. The molecule has 1 aromatic heterocycles. The van der Waals surface area contributed by atoms with Gasteiger partial charge in [-0.2, -0.15) is 4.98 Å². The summed E-state index contributed by atoms with van der Waals surface area (Å²) in [5.41, 5.74) is 10.4. The third-order valence-electron chi connectivity index (χ3n) is 4.60. The van der Waals surface area contributed by atoms with E-state index in [1.54, 1.807) is 0 Å². The van der Waals surface area contributed by atoms with Crippen LogP contribution in [0.4, 0.5) is 17.1 Å². The Labute approximate surface area is 190 Å². The van der Waals surface area contributed by atoms with Crippen LogP contribution in [0.5, 0.6) is 11.8 Å². The van der Waals surface area contributed by atoms with Crippen LogP contribution in [0, 0.1) is 0 Å². The number of anilines is 3. The van der Waals surface area contributed by atoms with Gasteiger partial charge in [-0.15, -0.1) is 0 Å². The van der Waals surface area contributed by atoms with E-state index in [0.29, 0.717) is 36.3 Å². The minimum absolute atomic E-state index is 0.388. The molecule has 31 heavy (non-hydrogen) atoms. The number of aromatic nitrogens is 1. The monoisotopic (exact) mass is 475 g/mol. The van der Waals surface area contributed by atoms with Crippen molar-refractivity contribution in [3.05, 3.63) is 107 Å². The normalized spacial score (nSPS) is 10.5. The summed E-state index contributed by atoms with van der Waals surface area (Å²) in [5.74, 6) is 0.925. The Bertz CT molecular complexity index is 1140. The molecule has 0 bridgehead atoms. The predicted octanol–water partition coefficient (Wildman–Crippen LogP) is 6.33. The Balaban J connectivity index is 1.57. The van der Waals surface area contributed by atoms with E-state index >= 15 is 0 Å². The average Bonchev–Trinajstić information content (AvgIpc) is 2.81. The Morgan fingerprint density at radius 2 is 1.35 bits per heavy atom. The predicted molar refractivity (Wildman–Crippen MR) is 128 cm³/mol.